The van der Waals surface area contributed by atoms with Crippen LogP contribution in [0.5, 0.6) is 0 Å². The largest absolute Gasteiger partial charge is 0.377 e. The molecule has 2 atom stereocenters. The molecule has 2 rings (SSSR count). The van der Waals surface area contributed by atoms with Gasteiger partial charge in [-0.15, -0.1) is 0 Å². The number of halogens is 2. The van der Waals surface area contributed by atoms with Crippen LogP contribution in [0.25, 0.3) is 0 Å². The van der Waals surface area contributed by atoms with Crippen LogP contribution < -0.4 is 0 Å². The molecule has 2 nitrogen and oxygen atoms in total. The Morgan fingerprint density at radius 1 is 1.44 bits per heavy atom. The summed E-state index contributed by atoms with van der Waals surface area (Å²) in [5, 5.41) is 1.21. The molecule has 1 aromatic carbocycles. The highest BCUT2D eigenvalue weighted by Crippen LogP contribution is 2.28. The molecule has 4 heteroatoms. The van der Waals surface area contributed by atoms with Crippen LogP contribution in [0.2, 0.25) is 10.0 Å². The van der Waals surface area contributed by atoms with Crippen molar-refractivity contribution in [2.75, 3.05) is 6.61 Å². The van der Waals surface area contributed by atoms with Crippen molar-refractivity contribution in [2.45, 2.75) is 32.3 Å². The minimum Gasteiger partial charge on any atom is -0.377 e. The third-order valence-corrected chi connectivity index (χ3v) is 4.00. The fourth-order valence-electron chi connectivity index (χ4n) is 2.42. The number of ether oxygens (including phenoxy) is 1. The van der Waals surface area contributed by atoms with Crippen LogP contribution in [-0.4, -0.2) is 18.5 Å². The van der Waals surface area contributed by atoms with Crippen molar-refractivity contribution in [3.63, 3.8) is 0 Å². The van der Waals surface area contributed by atoms with E-state index in [9.17, 15) is 4.79 Å². The van der Waals surface area contributed by atoms with E-state index < -0.39 is 0 Å². The topological polar surface area (TPSA) is 26.3 Å². The first-order chi connectivity index (χ1) is 8.61. The van der Waals surface area contributed by atoms with E-state index in [4.69, 9.17) is 27.9 Å². The minimum absolute atomic E-state index is 0.00467. The number of ketones is 1. The molecule has 0 aromatic heterocycles. The van der Waals surface area contributed by atoms with Gasteiger partial charge in [0.2, 0.25) is 0 Å². The van der Waals surface area contributed by atoms with Crippen molar-refractivity contribution < 1.29 is 9.53 Å². The fourth-order valence-corrected chi connectivity index (χ4v) is 2.80. The van der Waals surface area contributed by atoms with Gasteiger partial charge in [-0.2, -0.15) is 0 Å². The molecular weight excluding hydrogens is 271 g/mol. The van der Waals surface area contributed by atoms with Crippen molar-refractivity contribution >= 4 is 29.0 Å². The van der Waals surface area contributed by atoms with E-state index in [1.165, 1.54) is 0 Å². The molecule has 0 amide bonds. The third kappa shape index (κ3) is 3.05. The van der Waals surface area contributed by atoms with Gasteiger partial charge < -0.3 is 4.74 Å². The summed E-state index contributed by atoms with van der Waals surface area (Å²) in [6.45, 7) is 2.72. The quantitative estimate of drug-likeness (QED) is 0.839. The molecular formula is C14H16Cl2O2. The van der Waals surface area contributed by atoms with Gasteiger partial charge in [-0.3, -0.25) is 4.79 Å². The lowest BCUT2D eigenvalue weighted by molar-refractivity contribution is -0.123. The fraction of sp³-hybridized carbons (Fsp3) is 0.500. The molecule has 0 aliphatic carbocycles. The maximum Gasteiger partial charge on any atom is 0.143 e. The van der Waals surface area contributed by atoms with Crippen LogP contribution in [-0.2, 0) is 16.0 Å². The zero-order valence-electron chi connectivity index (χ0n) is 10.3. The van der Waals surface area contributed by atoms with Gasteiger partial charge in [0.25, 0.3) is 0 Å². The number of carbonyl (C=O) groups is 1. The summed E-state index contributed by atoms with van der Waals surface area (Å²) in [6.07, 6.45) is 2.09. The monoisotopic (exact) mass is 286 g/mol. The van der Waals surface area contributed by atoms with Crippen molar-refractivity contribution in [2.24, 2.45) is 5.92 Å². The summed E-state index contributed by atoms with van der Waals surface area (Å²) in [7, 11) is 0. The summed E-state index contributed by atoms with van der Waals surface area (Å²) < 4.78 is 5.55. The molecule has 0 spiro atoms. The first-order valence-electron chi connectivity index (χ1n) is 6.20. The molecule has 1 aliphatic heterocycles. The Morgan fingerprint density at radius 3 is 2.94 bits per heavy atom. The molecule has 0 bridgehead atoms. The Morgan fingerprint density at radius 2 is 2.22 bits per heavy atom. The average Bonchev–Trinajstić information content (AvgIpc) is 2.82. The Bertz CT molecular complexity index is 445. The summed E-state index contributed by atoms with van der Waals surface area (Å²) >= 11 is 12.0. The lowest BCUT2D eigenvalue weighted by Gasteiger charge is -2.15. The molecule has 18 heavy (non-hydrogen) atoms. The van der Waals surface area contributed by atoms with Gasteiger partial charge >= 0.3 is 0 Å². The van der Waals surface area contributed by atoms with Gasteiger partial charge in [-0.05, 0) is 36.6 Å². The molecule has 0 saturated carbocycles. The average molecular weight is 287 g/mol. The molecule has 1 fully saturated rings. The van der Waals surface area contributed by atoms with Crippen molar-refractivity contribution in [3.05, 3.63) is 33.8 Å². The summed E-state index contributed by atoms with van der Waals surface area (Å²) in [5.41, 5.74) is 0.802. The lowest BCUT2D eigenvalue weighted by Crippen LogP contribution is -2.25. The molecule has 0 N–H and O–H groups in total. The number of carbonyl (C=O) groups excluding carboxylic acids is 1. The van der Waals surface area contributed by atoms with Crippen molar-refractivity contribution in [1.82, 2.24) is 0 Å². The molecule has 98 valence electrons. The van der Waals surface area contributed by atoms with Crippen LogP contribution in [0.3, 0.4) is 0 Å². The smallest absolute Gasteiger partial charge is 0.143 e. The maximum absolute atomic E-state index is 12.3. The van der Waals surface area contributed by atoms with E-state index in [0.717, 1.165) is 18.4 Å². The highest BCUT2D eigenvalue weighted by Gasteiger charge is 2.32. The minimum atomic E-state index is 0.00467. The Labute approximate surface area is 117 Å². The molecule has 1 aliphatic rings. The van der Waals surface area contributed by atoms with Gasteiger partial charge in [0.15, 0.2) is 0 Å². The molecule has 2 unspecified atom stereocenters. The van der Waals surface area contributed by atoms with Crippen molar-refractivity contribution in [3.8, 4) is 0 Å². The van der Waals surface area contributed by atoms with E-state index >= 15 is 0 Å². The Kier molecular flexibility index (Phi) is 4.66. The van der Waals surface area contributed by atoms with E-state index in [0.29, 0.717) is 23.1 Å². The zero-order valence-corrected chi connectivity index (χ0v) is 11.8. The van der Waals surface area contributed by atoms with Crippen LogP contribution in [0, 0.1) is 5.92 Å². The Hall–Kier alpha value is -0.570. The zero-order chi connectivity index (χ0) is 13.1. The predicted molar refractivity (Wildman–Crippen MR) is 73.3 cm³/mol. The van der Waals surface area contributed by atoms with Gasteiger partial charge in [0.1, 0.15) is 5.78 Å². The molecule has 0 radical (unpaired) electrons. The van der Waals surface area contributed by atoms with Gasteiger partial charge in [-0.1, -0.05) is 30.1 Å². The van der Waals surface area contributed by atoms with E-state index in [1.54, 1.807) is 18.2 Å². The second-order valence-corrected chi connectivity index (χ2v) is 5.44. The number of hydrogen-bond donors (Lipinski definition) is 0. The van der Waals surface area contributed by atoms with Gasteiger partial charge in [0, 0.05) is 29.0 Å². The third-order valence-electron chi connectivity index (χ3n) is 3.40. The number of rotatable bonds is 4. The highest BCUT2D eigenvalue weighted by atomic mass is 35.5. The predicted octanol–water partition coefficient (Wildman–Crippen LogP) is 3.92. The van der Waals surface area contributed by atoms with Crippen molar-refractivity contribution in [1.29, 1.82) is 0 Å². The van der Waals surface area contributed by atoms with Gasteiger partial charge in [0.05, 0.1) is 6.10 Å². The molecule has 1 heterocycles. The molecule has 1 aromatic rings. The van der Waals surface area contributed by atoms with Gasteiger partial charge in [-0.25, -0.2) is 0 Å². The van der Waals surface area contributed by atoms with E-state index in [-0.39, 0.29) is 17.8 Å². The first-order valence-corrected chi connectivity index (χ1v) is 6.95. The normalized spacial score (nSPS) is 23.3. The van der Waals surface area contributed by atoms with Crippen LogP contribution in [0.1, 0.15) is 25.3 Å². The summed E-state index contributed by atoms with van der Waals surface area (Å²) in [6, 6.07) is 5.22. The first kappa shape index (κ1) is 13.9. The second-order valence-electron chi connectivity index (χ2n) is 4.59. The standard InChI is InChI=1S/C14H16Cl2O2/c1-2-14-11(5-6-18-14)13(17)8-9-7-10(15)3-4-12(9)16/h3-4,7,11,14H,2,5-6,8H2,1H3. The van der Waals surface area contributed by atoms with E-state index in [1.807, 2.05) is 6.92 Å². The number of Topliss-reactive ketones (excluding diaryl/α,β-unsaturated/α-hetero) is 1. The van der Waals surface area contributed by atoms with E-state index in [2.05, 4.69) is 0 Å². The number of benzene rings is 1. The summed E-state index contributed by atoms with van der Waals surface area (Å²) in [5.74, 6) is 0.202. The molecule has 1 saturated heterocycles. The highest BCUT2D eigenvalue weighted by molar-refractivity contribution is 6.33. The summed E-state index contributed by atoms with van der Waals surface area (Å²) in [4.78, 5) is 12.3. The van der Waals surface area contributed by atoms with Crippen LogP contribution in [0.4, 0.5) is 0 Å². The maximum atomic E-state index is 12.3. The number of hydrogen-bond acceptors (Lipinski definition) is 2. The van der Waals surface area contributed by atoms with Crippen LogP contribution >= 0.6 is 23.2 Å². The lowest BCUT2D eigenvalue weighted by atomic mass is 9.91. The SMILES string of the molecule is CCC1OCCC1C(=O)Cc1cc(Cl)ccc1Cl. The van der Waals surface area contributed by atoms with Crippen LogP contribution in [0.15, 0.2) is 18.2 Å². The Balaban J connectivity index is 2.09. The second kappa shape index (κ2) is 6.05.